The first-order valence-corrected chi connectivity index (χ1v) is 11.8. The van der Waals surface area contributed by atoms with Crippen LogP contribution in [0.15, 0.2) is 71.6 Å². The van der Waals surface area contributed by atoms with Crippen LogP contribution < -0.4 is 14.5 Å². The molecule has 0 radical (unpaired) electrons. The van der Waals surface area contributed by atoms with E-state index in [4.69, 9.17) is 11.6 Å². The minimum Gasteiger partial charge on any atom is -0.307 e. The Morgan fingerprint density at radius 2 is 1.65 bits per heavy atom. The number of aryl methyl sites for hydroxylation is 1. The summed E-state index contributed by atoms with van der Waals surface area (Å²) in [6.07, 6.45) is 1.60. The van der Waals surface area contributed by atoms with Crippen LogP contribution in [0.2, 0.25) is 5.02 Å². The monoisotopic (exact) mass is 453 g/mol. The second kappa shape index (κ2) is 7.59. The zero-order valence-corrected chi connectivity index (χ0v) is 18.2. The number of para-hydroxylation sites is 2. The molecule has 0 atom stereocenters. The number of rotatable bonds is 3. The molecule has 0 bridgehead atoms. The Morgan fingerprint density at radius 1 is 0.903 bits per heavy atom. The quantitative estimate of drug-likeness (QED) is 0.604. The number of hydrogen-bond donors (Lipinski definition) is 1. The number of nitrogens with one attached hydrogen (secondary N) is 1. The van der Waals surface area contributed by atoms with Crippen molar-refractivity contribution in [1.29, 1.82) is 0 Å². The van der Waals surface area contributed by atoms with Gasteiger partial charge in [0, 0.05) is 12.2 Å². The molecule has 158 valence electrons. The first-order chi connectivity index (χ1) is 14.9. The van der Waals surface area contributed by atoms with Crippen LogP contribution in [0.3, 0.4) is 0 Å². The molecule has 0 unspecified atom stereocenters. The van der Waals surface area contributed by atoms with Crippen LogP contribution in [0.25, 0.3) is 0 Å². The fraction of sp³-hybridized carbons (Fsp3) is 0.174. The summed E-state index contributed by atoms with van der Waals surface area (Å²) < 4.78 is 28.5. The predicted molar refractivity (Wildman–Crippen MR) is 122 cm³/mol. The van der Waals surface area contributed by atoms with Crippen LogP contribution in [0, 0.1) is 0 Å². The highest BCUT2D eigenvalue weighted by atomic mass is 35.5. The van der Waals surface area contributed by atoms with Crippen molar-refractivity contribution in [2.45, 2.75) is 24.3 Å². The van der Waals surface area contributed by atoms with Crippen LogP contribution in [-0.2, 0) is 23.0 Å². The zero-order chi connectivity index (χ0) is 21.6. The number of sulfonamides is 1. The Morgan fingerprint density at radius 3 is 2.48 bits per heavy atom. The lowest BCUT2D eigenvalue weighted by Gasteiger charge is -2.32. The molecule has 3 aromatic rings. The Labute approximate surface area is 186 Å². The van der Waals surface area contributed by atoms with Crippen molar-refractivity contribution >= 4 is 44.7 Å². The van der Waals surface area contributed by atoms with Gasteiger partial charge in [0.25, 0.3) is 10.0 Å². The second-order valence-corrected chi connectivity index (χ2v) is 9.87. The number of benzene rings is 3. The smallest absolute Gasteiger partial charge is 0.307 e. The molecule has 2 amide bonds. The summed E-state index contributed by atoms with van der Waals surface area (Å²) in [7, 11) is -3.82. The molecule has 2 aliphatic heterocycles. The number of anilines is 3. The minimum absolute atomic E-state index is 0.107. The third-order valence-electron chi connectivity index (χ3n) is 5.70. The zero-order valence-electron chi connectivity index (χ0n) is 16.6. The average molecular weight is 454 g/mol. The second-order valence-electron chi connectivity index (χ2n) is 7.60. The van der Waals surface area contributed by atoms with Crippen molar-refractivity contribution in [3.8, 4) is 0 Å². The standard InChI is InChI=1S/C23H20ClN3O3S/c24-19-12-11-18(31(29,30)27-13-5-8-16-6-2-4-10-21(16)27)14-22(19)26-15-17-7-1-3-9-20(17)25-23(26)28/h1-4,6-7,9-12,14H,5,8,13,15H2,(H,25,28). The molecular formula is C23H20ClN3O3S. The van der Waals surface area contributed by atoms with E-state index in [1.54, 1.807) is 0 Å². The maximum Gasteiger partial charge on any atom is 0.326 e. The minimum atomic E-state index is -3.82. The maximum atomic E-state index is 13.5. The molecule has 3 aromatic carbocycles. The van der Waals surface area contributed by atoms with E-state index < -0.39 is 10.0 Å². The molecule has 0 spiro atoms. The van der Waals surface area contributed by atoms with Crippen molar-refractivity contribution in [3.63, 3.8) is 0 Å². The van der Waals surface area contributed by atoms with Crippen LogP contribution in [0.4, 0.5) is 21.9 Å². The molecule has 8 heteroatoms. The van der Waals surface area contributed by atoms with E-state index in [1.807, 2.05) is 48.5 Å². The van der Waals surface area contributed by atoms with Crippen molar-refractivity contribution in [1.82, 2.24) is 0 Å². The van der Waals surface area contributed by atoms with Crippen LogP contribution in [0.1, 0.15) is 17.5 Å². The number of carbonyl (C=O) groups is 1. The molecular weight excluding hydrogens is 434 g/mol. The van der Waals surface area contributed by atoms with Gasteiger partial charge in [-0.25, -0.2) is 13.2 Å². The van der Waals surface area contributed by atoms with Crippen molar-refractivity contribution in [2.24, 2.45) is 0 Å². The van der Waals surface area contributed by atoms with Gasteiger partial charge in [0.1, 0.15) is 0 Å². The van der Waals surface area contributed by atoms with E-state index >= 15 is 0 Å². The van der Waals surface area contributed by atoms with Gasteiger partial charge >= 0.3 is 6.03 Å². The third-order valence-corrected chi connectivity index (χ3v) is 7.83. The van der Waals surface area contributed by atoms with E-state index in [9.17, 15) is 13.2 Å². The molecule has 31 heavy (non-hydrogen) atoms. The van der Waals surface area contributed by atoms with Gasteiger partial charge in [-0.05, 0) is 54.3 Å². The highest BCUT2D eigenvalue weighted by Crippen LogP contribution is 2.37. The molecule has 5 rings (SSSR count). The average Bonchev–Trinajstić information content (AvgIpc) is 2.78. The van der Waals surface area contributed by atoms with E-state index in [1.165, 1.54) is 27.4 Å². The predicted octanol–water partition coefficient (Wildman–Crippen LogP) is 5.03. The normalized spacial score (nSPS) is 15.8. The van der Waals surface area contributed by atoms with Crippen LogP contribution >= 0.6 is 11.6 Å². The molecule has 0 fully saturated rings. The Hall–Kier alpha value is -3.03. The SMILES string of the molecule is O=C1Nc2ccccc2CN1c1cc(S(=O)(=O)N2CCCc3ccccc32)ccc1Cl. The maximum absolute atomic E-state index is 13.5. The number of hydrogen-bond acceptors (Lipinski definition) is 3. The van der Waals surface area contributed by atoms with Gasteiger partial charge < -0.3 is 5.32 Å². The largest absolute Gasteiger partial charge is 0.326 e. The third kappa shape index (κ3) is 3.43. The summed E-state index contributed by atoms with van der Waals surface area (Å²) in [5, 5.41) is 3.15. The van der Waals surface area contributed by atoms with Gasteiger partial charge in [0.05, 0.1) is 27.8 Å². The van der Waals surface area contributed by atoms with Gasteiger partial charge in [-0.1, -0.05) is 48.0 Å². The van der Waals surface area contributed by atoms with Crippen molar-refractivity contribution in [3.05, 3.63) is 82.9 Å². The van der Waals surface area contributed by atoms with Crippen LogP contribution in [0.5, 0.6) is 0 Å². The number of halogens is 1. The Balaban J connectivity index is 1.55. The van der Waals surface area contributed by atoms with Gasteiger partial charge in [-0.2, -0.15) is 0 Å². The number of nitrogens with zero attached hydrogens (tertiary/aromatic N) is 2. The molecule has 0 aromatic heterocycles. The lowest BCUT2D eigenvalue weighted by atomic mass is 10.0. The first-order valence-electron chi connectivity index (χ1n) is 10.0. The summed E-state index contributed by atoms with van der Waals surface area (Å²) in [6.45, 7) is 0.715. The molecule has 2 heterocycles. The van der Waals surface area contributed by atoms with Crippen LogP contribution in [-0.4, -0.2) is 21.0 Å². The molecule has 0 saturated carbocycles. The van der Waals surface area contributed by atoms with Gasteiger partial charge in [0.2, 0.25) is 0 Å². The summed E-state index contributed by atoms with van der Waals surface area (Å²) in [6, 6.07) is 19.2. The van der Waals surface area contributed by atoms with Crippen molar-refractivity contribution in [2.75, 3.05) is 21.1 Å². The number of urea groups is 1. The topological polar surface area (TPSA) is 69.7 Å². The first kappa shape index (κ1) is 19.9. The fourth-order valence-electron chi connectivity index (χ4n) is 4.14. The lowest BCUT2D eigenvalue weighted by Crippen LogP contribution is -2.39. The summed E-state index contributed by atoms with van der Waals surface area (Å²) in [4.78, 5) is 14.3. The van der Waals surface area contributed by atoms with Gasteiger partial charge in [-0.3, -0.25) is 9.21 Å². The fourth-order valence-corrected chi connectivity index (χ4v) is 5.92. The van der Waals surface area contributed by atoms with Crippen molar-refractivity contribution < 1.29 is 13.2 Å². The molecule has 0 saturated heterocycles. The number of fused-ring (bicyclic) bond motifs is 2. The number of carbonyl (C=O) groups excluding carboxylic acids is 1. The van der Waals surface area contributed by atoms with E-state index in [0.29, 0.717) is 29.5 Å². The van der Waals surface area contributed by atoms with E-state index in [0.717, 1.165) is 29.7 Å². The molecule has 1 N–H and O–H groups in total. The van der Waals surface area contributed by atoms with Gasteiger partial charge in [-0.15, -0.1) is 0 Å². The molecule has 2 aliphatic rings. The summed E-state index contributed by atoms with van der Waals surface area (Å²) in [5.41, 5.74) is 3.75. The molecule has 6 nitrogen and oxygen atoms in total. The van der Waals surface area contributed by atoms with E-state index in [-0.39, 0.29) is 10.9 Å². The number of amides is 2. The van der Waals surface area contributed by atoms with Gasteiger partial charge in [0.15, 0.2) is 0 Å². The summed E-state index contributed by atoms with van der Waals surface area (Å²) in [5.74, 6) is 0. The molecule has 0 aliphatic carbocycles. The highest BCUT2D eigenvalue weighted by Gasteiger charge is 2.31. The Kier molecular flexibility index (Phi) is 4.87. The lowest BCUT2D eigenvalue weighted by molar-refractivity contribution is 0.256. The summed E-state index contributed by atoms with van der Waals surface area (Å²) >= 11 is 6.41. The van der Waals surface area contributed by atoms with E-state index in [2.05, 4.69) is 5.32 Å². The highest BCUT2D eigenvalue weighted by molar-refractivity contribution is 7.92. The Bertz CT molecular complexity index is 1290.